The average molecular weight is 332 g/mol. The molecule has 0 radical (unpaired) electrons. The summed E-state index contributed by atoms with van der Waals surface area (Å²) in [7, 11) is 0. The van der Waals surface area contributed by atoms with E-state index in [4.69, 9.17) is 4.74 Å². The minimum Gasteiger partial charge on any atom is -0.394 e. The van der Waals surface area contributed by atoms with E-state index in [0.717, 1.165) is 17.7 Å². The summed E-state index contributed by atoms with van der Waals surface area (Å²) in [4.78, 5) is 25.5. The molecule has 1 aromatic heterocycles. The zero-order chi connectivity index (χ0) is 17.5. The number of H-pyrrole nitrogens is 1. The van der Waals surface area contributed by atoms with E-state index in [2.05, 4.69) is 0 Å². The number of aryl methyl sites for hydroxylation is 1. The van der Waals surface area contributed by atoms with E-state index >= 15 is 0 Å². The predicted molar refractivity (Wildman–Crippen MR) is 75.7 cm³/mol. The molecule has 1 aromatic rings. The highest BCUT2D eigenvalue weighted by molar-refractivity contribution is 5.05. The van der Waals surface area contributed by atoms with Crippen LogP contribution in [-0.2, 0) is 4.74 Å². The number of aromatic nitrogens is 2. The maximum absolute atomic E-state index is 12.0. The summed E-state index contributed by atoms with van der Waals surface area (Å²) < 4.78 is 6.19. The van der Waals surface area contributed by atoms with Crippen molar-refractivity contribution < 1.29 is 30.3 Å². The maximum Gasteiger partial charge on any atom is 0.330 e. The molecule has 6 N–H and O–H groups in total. The molecular weight excluding hydrogens is 312 g/mol. The molecule has 10 heteroatoms. The van der Waals surface area contributed by atoms with Gasteiger partial charge in [0, 0.05) is 11.8 Å². The van der Waals surface area contributed by atoms with Crippen LogP contribution < -0.4 is 11.2 Å². The third-order valence-electron chi connectivity index (χ3n) is 4.04. The summed E-state index contributed by atoms with van der Waals surface area (Å²) in [6.07, 6.45) is -7.19. The van der Waals surface area contributed by atoms with Gasteiger partial charge in [0.2, 0.25) is 0 Å². The van der Waals surface area contributed by atoms with E-state index < -0.39 is 54.1 Å². The number of nitrogens with one attached hydrogen (secondary N) is 1. The number of ether oxygens (including phenoxy) is 1. The van der Waals surface area contributed by atoms with Gasteiger partial charge in [-0.3, -0.25) is 14.3 Å². The first kappa shape index (κ1) is 17.8. The van der Waals surface area contributed by atoms with Crippen LogP contribution in [0.2, 0.25) is 0 Å². The van der Waals surface area contributed by atoms with Crippen molar-refractivity contribution in [2.45, 2.75) is 50.1 Å². The molecular formula is C13H20N2O8. The number of aromatic amines is 1. The topological polar surface area (TPSA) is 165 Å². The van der Waals surface area contributed by atoms with Crippen molar-refractivity contribution in [3.63, 3.8) is 0 Å². The smallest absolute Gasteiger partial charge is 0.330 e. The summed E-state index contributed by atoms with van der Waals surface area (Å²) in [5.41, 5.74) is -3.59. The Bertz CT molecular complexity index is 681. The zero-order valence-corrected chi connectivity index (χ0v) is 12.6. The first-order valence-corrected chi connectivity index (χ1v) is 6.96. The molecule has 0 aromatic carbocycles. The molecule has 130 valence electrons. The molecule has 6 atom stereocenters. The Labute approximate surface area is 130 Å². The molecule has 0 spiro atoms. The molecule has 1 fully saturated rings. The van der Waals surface area contributed by atoms with Crippen LogP contribution in [0.3, 0.4) is 0 Å². The molecule has 0 saturated carbocycles. The first-order chi connectivity index (χ1) is 10.6. The van der Waals surface area contributed by atoms with E-state index in [9.17, 15) is 35.1 Å². The minimum absolute atomic E-state index is 0.143. The van der Waals surface area contributed by atoms with Gasteiger partial charge in [0.15, 0.2) is 6.23 Å². The Hall–Kier alpha value is -1.56. The van der Waals surface area contributed by atoms with Crippen LogP contribution in [0.4, 0.5) is 0 Å². The predicted octanol–water partition coefficient (Wildman–Crippen LogP) is -3.43. The van der Waals surface area contributed by atoms with Gasteiger partial charge >= 0.3 is 5.69 Å². The summed E-state index contributed by atoms with van der Waals surface area (Å²) in [5.74, 6) is 0. The van der Waals surface area contributed by atoms with E-state index in [0.29, 0.717) is 0 Å². The lowest BCUT2D eigenvalue weighted by molar-refractivity contribution is -0.200. The Morgan fingerprint density at radius 2 is 1.91 bits per heavy atom. The average Bonchev–Trinajstić information content (AvgIpc) is 2.55. The van der Waals surface area contributed by atoms with Gasteiger partial charge in [-0.2, -0.15) is 0 Å². The van der Waals surface area contributed by atoms with E-state index in [1.54, 1.807) is 0 Å². The van der Waals surface area contributed by atoms with Crippen molar-refractivity contribution in [3.8, 4) is 0 Å². The Kier molecular flexibility index (Phi) is 4.76. The van der Waals surface area contributed by atoms with Crippen LogP contribution in [0.1, 0.15) is 18.7 Å². The van der Waals surface area contributed by atoms with Crippen LogP contribution in [-0.4, -0.2) is 71.7 Å². The maximum atomic E-state index is 12.0. The van der Waals surface area contributed by atoms with Crippen molar-refractivity contribution in [1.82, 2.24) is 9.55 Å². The zero-order valence-electron chi connectivity index (χ0n) is 12.6. The number of rotatable bonds is 2. The summed E-state index contributed by atoms with van der Waals surface area (Å²) in [6.45, 7) is 1.79. The van der Waals surface area contributed by atoms with E-state index in [-0.39, 0.29) is 5.56 Å². The second-order valence-corrected chi connectivity index (χ2v) is 5.84. The van der Waals surface area contributed by atoms with Crippen LogP contribution in [0, 0.1) is 6.92 Å². The fourth-order valence-corrected chi connectivity index (χ4v) is 2.54. The molecule has 10 nitrogen and oxygen atoms in total. The monoisotopic (exact) mass is 332 g/mol. The van der Waals surface area contributed by atoms with Gasteiger partial charge in [0.1, 0.15) is 30.0 Å². The molecule has 23 heavy (non-hydrogen) atoms. The van der Waals surface area contributed by atoms with E-state index in [1.165, 1.54) is 6.92 Å². The minimum atomic E-state index is -2.20. The van der Waals surface area contributed by atoms with Crippen molar-refractivity contribution in [2.75, 3.05) is 6.61 Å². The molecule has 0 bridgehead atoms. The Morgan fingerprint density at radius 3 is 2.48 bits per heavy atom. The SMILES string of the molecule is Cc1cn([C@@H]2O[C@H](CO)[C@@H](O)[C@@H](O)[C@@H](O)[C@@]2(C)O)c(=O)[nH]c1=O. The molecule has 2 heterocycles. The normalized spacial score (nSPS) is 38.3. The van der Waals surface area contributed by atoms with Crippen molar-refractivity contribution >= 4 is 0 Å². The highest BCUT2D eigenvalue weighted by Gasteiger charge is 2.52. The van der Waals surface area contributed by atoms with Gasteiger partial charge < -0.3 is 30.3 Å². The van der Waals surface area contributed by atoms with Crippen LogP contribution in [0.5, 0.6) is 0 Å². The summed E-state index contributed by atoms with van der Waals surface area (Å²) in [5, 5.41) is 49.7. The van der Waals surface area contributed by atoms with Gasteiger partial charge in [0.05, 0.1) is 6.61 Å². The van der Waals surface area contributed by atoms with E-state index in [1.807, 2.05) is 4.98 Å². The molecule has 1 saturated heterocycles. The molecule has 0 unspecified atom stereocenters. The first-order valence-electron chi connectivity index (χ1n) is 6.96. The second kappa shape index (κ2) is 6.15. The lowest BCUT2D eigenvalue weighted by Crippen LogP contribution is -2.55. The van der Waals surface area contributed by atoms with Crippen molar-refractivity contribution in [2.24, 2.45) is 0 Å². The Morgan fingerprint density at radius 1 is 1.30 bits per heavy atom. The number of hydrogen-bond acceptors (Lipinski definition) is 8. The highest BCUT2D eigenvalue weighted by Crippen LogP contribution is 2.34. The third kappa shape index (κ3) is 2.96. The van der Waals surface area contributed by atoms with Crippen molar-refractivity contribution in [1.29, 1.82) is 0 Å². The molecule has 0 aliphatic carbocycles. The fraction of sp³-hybridized carbons (Fsp3) is 0.692. The second-order valence-electron chi connectivity index (χ2n) is 5.84. The van der Waals surface area contributed by atoms with Gasteiger partial charge in [-0.25, -0.2) is 4.79 Å². The standard InChI is InChI=1S/C13H20N2O8/c1-5-3-15(12(21)14-10(5)20)11-13(2,22)9(19)8(18)7(17)6(4-16)23-11/h3,6-9,11,16-19,22H,4H2,1-2H3,(H,14,20,21)/t6-,7-,8-,9-,11-,13-/m1/s1. The highest BCUT2D eigenvalue weighted by atomic mass is 16.6. The molecule has 1 aliphatic rings. The Balaban J connectivity index is 2.61. The summed E-state index contributed by atoms with van der Waals surface area (Å²) >= 11 is 0. The number of aliphatic hydroxyl groups is 5. The van der Waals surface area contributed by atoms with Gasteiger partial charge in [-0.1, -0.05) is 0 Å². The molecule has 0 amide bonds. The lowest BCUT2D eigenvalue weighted by atomic mass is 9.90. The fourth-order valence-electron chi connectivity index (χ4n) is 2.54. The van der Waals surface area contributed by atoms with Gasteiger partial charge in [0.25, 0.3) is 5.56 Å². The number of nitrogens with zero attached hydrogens (tertiary/aromatic N) is 1. The number of aliphatic hydroxyl groups excluding tert-OH is 4. The number of hydrogen-bond donors (Lipinski definition) is 6. The van der Waals surface area contributed by atoms with Crippen LogP contribution in [0.25, 0.3) is 0 Å². The van der Waals surface area contributed by atoms with Crippen LogP contribution >= 0.6 is 0 Å². The van der Waals surface area contributed by atoms with Crippen molar-refractivity contribution in [3.05, 3.63) is 32.6 Å². The lowest BCUT2D eigenvalue weighted by Gasteiger charge is -2.36. The summed E-state index contributed by atoms with van der Waals surface area (Å²) in [6, 6.07) is 0. The molecule has 1 aliphatic heterocycles. The van der Waals surface area contributed by atoms with Gasteiger partial charge in [-0.15, -0.1) is 0 Å². The van der Waals surface area contributed by atoms with Crippen LogP contribution in [0.15, 0.2) is 15.8 Å². The quantitative estimate of drug-likeness (QED) is 0.325. The third-order valence-corrected chi connectivity index (χ3v) is 4.04. The molecule has 2 rings (SSSR count). The largest absolute Gasteiger partial charge is 0.394 e. The van der Waals surface area contributed by atoms with Gasteiger partial charge in [-0.05, 0) is 13.8 Å².